The molecule has 0 aliphatic carbocycles. The van der Waals surface area contributed by atoms with Crippen LogP contribution in [0.3, 0.4) is 0 Å². The molecule has 1 aromatic heterocycles. The normalized spacial score (nSPS) is 13.9. The van der Waals surface area contributed by atoms with Crippen LogP contribution in [0.25, 0.3) is 0 Å². The predicted molar refractivity (Wildman–Crippen MR) is 67.4 cm³/mol. The van der Waals surface area contributed by atoms with Gasteiger partial charge < -0.3 is 15.8 Å². The Balaban J connectivity index is 2.69. The van der Waals surface area contributed by atoms with Gasteiger partial charge in [0.1, 0.15) is 5.84 Å². The summed E-state index contributed by atoms with van der Waals surface area (Å²) in [6, 6.07) is 0. The first-order valence-electron chi connectivity index (χ1n) is 5.08. The second-order valence-electron chi connectivity index (χ2n) is 3.94. The fourth-order valence-corrected chi connectivity index (χ4v) is 2.18. The minimum absolute atomic E-state index is 0.000452. The number of rotatable bonds is 4. The predicted octanol–water partition coefficient (Wildman–Crippen LogP) is 1.58. The quantitative estimate of drug-likeness (QED) is 0.364. The molecule has 0 spiro atoms. The highest BCUT2D eigenvalue weighted by Gasteiger charge is 2.14. The van der Waals surface area contributed by atoms with Crippen LogP contribution in [0.5, 0.6) is 0 Å². The van der Waals surface area contributed by atoms with E-state index in [2.05, 4.69) is 17.1 Å². The zero-order valence-electron chi connectivity index (χ0n) is 10.1. The first-order chi connectivity index (χ1) is 7.45. The topological polar surface area (TPSA) is 74.7 Å². The highest BCUT2D eigenvalue weighted by molar-refractivity contribution is 7.15. The lowest BCUT2D eigenvalue weighted by Crippen LogP contribution is -2.32. The van der Waals surface area contributed by atoms with Crippen molar-refractivity contribution >= 4 is 22.3 Å². The van der Waals surface area contributed by atoms with Crippen molar-refractivity contribution in [3.63, 3.8) is 0 Å². The molecule has 0 amide bonds. The van der Waals surface area contributed by atoms with Gasteiger partial charge in [-0.25, -0.2) is 4.98 Å². The molecule has 1 aromatic rings. The van der Waals surface area contributed by atoms with E-state index in [9.17, 15) is 0 Å². The third-order valence-electron chi connectivity index (χ3n) is 2.51. The molecule has 0 radical (unpaired) electrons. The number of nitrogens with zero attached hydrogens (tertiary/aromatic N) is 3. The number of thiazole rings is 1. The minimum Gasteiger partial charge on any atom is -0.409 e. The molecule has 1 heterocycles. The minimum atomic E-state index is -0.000452. The largest absolute Gasteiger partial charge is 0.409 e. The van der Waals surface area contributed by atoms with Crippen LogP contribution in [0.2, 0.25) is 0 Å². The Hall–Kier alpha value is -1.30. The smallest absolute Gasteiger partial charge is 0.185 e. The Kier molecular flexibility index (Phi) is 4.12. The van der Waals surface area contributed by atoms with E-state index in [4.69, 9.17) is 10.9 Å². The number of anilines is 1. The van der Waals surface area contributed by atoms with Gasteiger partial charge in [-0.05, 0) is 13.8 Å². The maximum Gasteiger partial charge on any atom is 0.185 e. The number of hydrogen-bond donors (Lipinski definition) is 2. The number of amidine groups is 1. The molecule has 0 aliphatic rings. The SMILES string of the molecule is Cc1nc(N(C)CC(C)C(N)=NO)sc1C. The van der Waals surface area contributed by atoms with Gasteiger partial charge in [0.2, 0.25) is 0 Å². The lowest BCUT2D eigenvalue weighted by molar-refractivity contribution is 0.314. The van der Waals surface area contributed by atoms with Gasteiger partial charge in [0.05, 0.1) is 5.69 Å². The molecule has 1 rings (SSSR count). The van der Waals surface area contributed by atoms with Crippen molar-refractivity contribution in [2.75, 3.05) is 18.5 Å². The summed E-state index contributed by atoms with van der Waals surface area (Å²) in [5.41, 5.74) is 6.59. The van der Waals surface area contributed by atoms with Crippen molar-refractivity contribution in [2.24, 2.45) is 16.8 Å². The summed E-state index contributed by atoms with van der Waals surface area (Å²) in [5.74, 6) is 0.247. The van der Waals surface area contributed by atoms with E-state index in [1.807, 2.05) is 25.8 Å². The first-order valence-corrected chi connectivity index (χ1v) is 5.90. The van der Waals surface area contributed by atoms with Gasteiger partial charge in [-0.2, -0.15) is 0 Å². The molecule has 0 fully saturated rings. The second-order valence-corrected chi connectivity index (χ2v) is 5.13. The van der Waals surface area contributed by atoms with Crippen molar-refractivity contribution in [3.05, 3.63) is 10.6 Å². The molecule has 0 saturated carbocycles. The summed E-state index contributed by atoms with van der Waals surface area (Å²) in [5, 5.41) is 12.5. The summed E-state index contributed by atoms with van der Waals surface area (Å²) in [4.78, 5) is 7.69. The molecule has 6 heteroatoms. The van der Waals surface area contributed by atoms with Crippen LogP contribution in [0.1, 0.15) is 17.5 Å². The van der Waals surface area contributed by atoms with Crippen LogP contribution in [-0.4, -0.2) is 29.6 Å². The average Bonchev–Trinajstić information content (AvgIpc) is 2.58. The van der Waals surface area contributed by atoms with Crippen LogP contribution in [0.15, 0.2) is 5.16 Å². The van der Waals surface area contributed by atoms with Gasteiger partial charge >= 0.3 is 0 Å². The maximum atomic E-state index is 8.57. The highest BCUT2D eigenvalue weighted by Crippen LogP contribution is 2.24. The summed E-state index contributed by atoms with van der Waals surface area (Å²) in [7, 11) is 1.96. The fraction of sp³-hybridized carbons (Fsp3) is 0.600. The lowest BCUT2D eigenvalue weighted by atomic mass is 10.1. The Morgan fingerprint density at radius 2 is 2.25 bits per heavy atom. The van der Waals surface area contributed by atoms with Crippen LogP contribution >= 0.6 is 11.3 Å². The number of aromatic nitrogens is 1. The Morgan fingerprint density at radius 1 is 1.62 bits per heavy atom. The van der Waals surface area contributed by atoms with Crippen LogP contribution < -0.4 is 10.6 Å². The maximum absolute atomic E-state index is 8.57. The van der Waals surface area contributed by atoms with E-state index in [1.165, 1.54) is 4.88 Å². The molecule has 0 aliphatic heterocycles. The molecule has 5 nitrogen and oxygen atoms in total. The number of nitrogens with two attached hydrogens (primary N) is 1. The standard InChI is InChI=1S/C10H18N4OS/c1-6(9(11)13-15)5-14(4)10-12-7(2)8(3)16-10/h6,15H,5H2,1-4H3,(H2,11,13). The number of hydrogen-bond acceptors (Lipinski definition) is 5. The zero-order valence-corrected chi connectivity index (χ0v) is 10.9. The van der Waals surface area contributed by atoms with E-state index in [0.717, 1.165) is 10.8 Å². The van der Waals surface area contributed by atoms with E-state index in [0.29, 0.717) is 6.54 Å². The van der Waals surface area contributed by atoms with Crippen LogP contribution in [0, 0.1) is 19.8 Å². The Labute approximate surface area is 99.6 Å². The molecule has 3 N–H and O–H groups in total. The van der Waals surface area contributed by atoms with Gasteiger partial charge in [0.25, 0.3) is 0 Å². The Bertz CT molecular complexity index is 369. The Morgan fingerprint density at radius 3 is 2.69 bits per heavy atom. The first kappa shape index (κ1) is 12.8. The lowest BCUT2D eigenvalue weighted by Gasteiger charge is -2.19. The third kappa shape index (κ3) is 2.85. The summed E-state index contributed by atoms with van der Waals surface area (Å²) < 4.78 is 0. The highest BCUT2D eigenvalue weighted by atomic mass is 32.1. The number of oxime groups is 1. The molecular formula is C10H18N4OS. The van der Waals surface area contributed by atoms with E-state index >= 15 is 0 Å². The molecule has 0 aromatic carbocycles. The van der Waals surface area contributed by atoms with E-state index in [-0.39, 0.29) is 11.8 Å². The van der Waals surface area contributed by atoms with Crippen molar-refractivity contribution < 1.29 is 5.21 Å². The molecule has 0 bridgehead atoms. The van der Waals surface area contributed by atoms with E-state index in [1.54, 1.807) is 11.3 Å². The van der Waals surface area contributed by atoms with Gasteiger partial charge in [-0.15, -0.1) is 11.3 Å². The summed E-state index contributed by atoms with van der Waals surface area (Å²) >= 11 is 1.66. The van der Waals surface area contributed by atoms with Crippen molar-refractivity contribution in [1.29, 1.82) is 0 Å². The molecule has 16 heavy (non-hydrogen) atoms. The molecule has 1 atom stereocenters. The van der Waals surface area contributed by atoms with Crippen molar-refractivity contribution in [3.8, 4) is 0 Å². The molecule has 90 valence electrons. The second kappa shape index (κ2) is 5.16. The van der Waals surface area contributed by atoms with Gasteiger partial charge in [-0.3, -0.25) is 0 Å². The third-order valence-corrected chi connectivity index (χ3v) is 3.70. The van der Waals surface area contributed by atoms with E-state index < -0.39 is 0 Å². The summed E-state index contributed by atoms with van der Waals surface area (Å²) in [6.07, 6.45) is 0. The molecular weight excluding hydrogens is 224 g/mol. The van der Waals surface area contributed by atoms with Gasteiger partial charge in [-0.1, -0.05) is 12.1 Å². The molecule has 1 unspecified atom stereocenters. The number of aryl methyl sites for hydroxylation is 2. The van der Waals surface area contributed by atoms with Gasteiger partial charge in [0, 0.05) is 24.4 Å². The molecule has 0 saturated heterocycles. The van der Waals surface area contributed by atoms with Crippen molar-refractivity contribution in [1.82, 2.24) is 4.98 Å². The fourth-order valence-electron chi connectivity index (χ4n) is 1.30. The van der Waals surface area contributed by atoms with Crippen LogP contribution in [0.4, 0.5) is 5.13 Å². The van der Waals surface area contributed by atoms with Gasteiger partial charge in [0.15, 0.2) is 5.13 Å². The summed E-state index contributed by atoms with van der Waals surface area (Å²) in [6.45, 7) is 6.65. The van der Waals surface area contributed by atoms with Crippen LogP contribution in [-0.2, 0) is 0 Å². The monoisotopic (exact) mass is 242 g/mol. The average molecular weight is 242 g/mol. The zero-order chi connectivity index (χ0) is 12.3. The van der Waals surface area contributed by atoms with Crippen molar-refractivity contribution in [2.45, 2.75) is 20.8 Å².